The van der Waals surface area contributed by atoms with E-state index in [0.717, 1.165) is 16.2 Å². The first-order valence-corrected chi connectivity index (χ1v) is 10.7. The molecule has 0 bridgehead atoms. The van der Waals surface area contributed by atoms with E-state index >= 15 is 0 Å². The molecular formula is C22H20F3N3O3S. The van der Waals surface area contributed by atoms with Gasteiger partial charge >= 0.3 is 6.18 Å². The fraction of sp³-hybridized carbons (Fsp3) is 0.364. The molecule has 168 valence electrons. The molecule has 1 aliphatic carbocycles. The highest BCUT2D eigenvalue weighted by Crippen LogP contribution is 2.52. The van der Waals surface area contributed by atoms with Gasteiger partial charge in [0.1, 0.15) is 0 Å². The highest BCUT2D eigenvalue weighted by atomic mass is 32.1. The standard InChI is InChI=1S/C22H20F3N3O3S/c1-20(2)9-14-17(15(29)10-20)21(22(23,24)25,27-18(30)16-6-4-8-32-16)19(31)28(14)12-13-5-3-7-26-11-13/h3-8,11H,9-10,12H2,1-2H3,(H,27,30)/t21-/m0/s1. The van der Waals surface area contributed by atoms with Gasteiger partial charge in [0.15, 0.2) is 5.78 Å². The molecule has 32 heavy (non-hydrogen) atoms. The van der Waals surface area contributed by atoms with Crippen LogP contribution in [0.25, 0.3) is 0 Å². The number of allylic oxidation sites excluding steroid dienone is 1. The summed E-state index contributed by atoms with van der Waals surface area (Å²) < 4.78 is 44.0. The third kappa shape index (κ3) is 3.52. The van der Waals surface area contributed by atoms with Gasteiger partial charge in [0.25, 0.3) is 11.8 Å². The Balaban J connectivity index is 1.88. The first kappa shape index (κ1) is 22.2. The fourth-order valence-electron chi connectivity index (χ4n) is 4.31. The van der Waals surface area contributed by atoms with E-state index in [1.807, 2.05) is 5.32 Å². The molecule has 1 atom stereocenters. The van der Waals surface area contributed by atoms with Gasteiger partial charge in [-0.15, -0.1) is 11.3 Å². The van der Waals surface area contributed by atoms with E-state index in [1.54, 1.807) is 31.4 Å². The maximum atomic E-state index is 14.7. The van der Waals surface area contributed by atoms with E-state index in [-0.39, 0.29) is 30.0 Å². The zero-order chi connectivity index (χ0) is 23.3. The van der Waals surface area contributed by atoms with Gasteiger partial charge in [-0.05, 0) is 34.9 Å². The van der Waals surface area contributed by atoms with E-state index in [9.17, 15) is 27.6 Å². The van der Waals surface area contributed by atoms with Crippen molar-refractivity contribution in [1.82, 2.24) is 15.2 Å². The second-order valence-electron chi connectivity index (χ2n) is 8.69. The number of rotatable bonds is 4. The molecule has 1 aliphatic heterocycles. The van der Waals surface area contributed by atoms with Crippen LogP contribution in [0.4, 0.5) is 13.2 Å². The Morgan fingerprint density at radius 3 is 2.56 bits per heavy atom. The Morgan fingerprint density at radius 1 is 1.22 bits per heavy atom. The van der Waals surface area contributed by atoms with Crippen LogP contribution in [-0.4, -0.2) is 39.2 Å². The smallest absolute Gasteiger partial charge is 0.326 e. The Hall–Kier alpha value is -3.01. The summed E-state index contributed by atoms with van der Waals surface area (Å²) in [4.78, 5) is 44.2. The number of pyridine rings is 1. The minimum absolute atomic E-state index is 0.00362. The molecule has 2 aliphatic rings. The molecule has 3 heterocycles. The molecule has 0 saturated heterocycles. The number of carbonyl (C=O) groups is 3. The molecule has 0 saturated carbocycles. The van der Waals surface area contributed by atoms with Crippen LogP contribution in [0.15, 0.2) is 53.3 Å². The first-order chi connectivity index (χ1) is 15.0. The van der Waals surface area contributed by atoms with Crippen LogP contribution in [-0.2, 0) is 16.1 Å². The molecule has 0 radical (unpaired) electrons. The molecule has 0 fully saturated rings. The summed E-state index contributed by atoms with van der Waals surface area (Å²) in [6.07, 6.45) is -2.34. The SMILES string of the molecule is CC1(C)CC(=O)C2=C(C1)N(Cc1cccnc1)C(=O)[C@]2(NC(=O)c1cccs1)C(F)(F)F. The highest BCUT2D eigenvalue weighted by Gasteiger charge is 2.71. The van der Waals surface area contributed by atoms with Gasteiger partial charge in [-0.3, -0.25) is 19.4 Å². The molecular weight excluding hydrogens is 443 g/mol. The average Bonchev–Trinajstić information content (AvgIpc) is 3.30. The zero-order valence-corrected chi connectivity index (χ0v) is 18.1. The number of hydrogen-bond donors (Lipinski definition) is 1. The van der Waals surface area contributed by atoms with Crippen LogP contribution in [0.3, 0.4) is 0 Å². The number of hydrogen-bond acceptors (Lipinski definition) is 5. The normalized spacial score (nSPS) is 22.8. The quantitative estimate of drug-likeness (QED) is 0.747. The van der Waals surface area contributed by atoms with Gasteiger partial charge in [-0.2, -0.15) is 13.2 Å². The van der Waals surface area contributed by atoms with Crippen LogP contribution in [0.2, 0.25) is 0 Å². The molecule has 2 amide bonds. The molecule has 4 rings (SSSR count). The lowest BCUT2D eigenvalue weighted by Crippen LogP contribution is -2.66. The number of ketones is 1. The number of halogens is 3. The van der Waals surface area contributed by atoms with Gasteiger partial charge in [-0.1, -0.05) is 26.0 Å². The van der Waals surface area contributed by atoms with Crippen LogP contribution < -0.4 is 5.32 Å². The summed E-state index contributed by atoms with van der Waals surface area (Å²) in [7, 11) is 0. The molecule has 1 N–H and O–H groups in total. The third-order valence-electron chi connectivity index (χ3n) is 5.65. The summed E-state index contributed by atoms with van der Waals surface area (Å²) in [5.74, 6) is -3.23. The lowest BCUT2D eigenvalue weighted by molar-refractivity contribution is -0.190. The summed E-state index contributed by atoms with van der Waals surface area (Å²) in [6.45, 7) is 3.33. The van der Waals surface area contributed by atoms with E-state index in [0.29, 0.717) is 5.56 Å². The van der Waals surface area contributed by atoms with Crippen LogP contribution in [0.1, 0.15) is 41.9 Å². The van der Waals surface area contributed by atoms with Crippen molar-refractivity contribution in [2.75, 3.05) is 0 Å². The second kappa shape index (κ2) is 7.54. The topological polar surface area (TPSA) is 79.4 Å². The lowest BCUT2D eigenvalue weighted by Gasteiger charge is -2.35. The zero-order valence-electron chi connectivity index (χ0n) is 17.3. The van der Waals surface area contributed by atoms with Crippen molar-refractivity contribution < 1.29 is 27.6 Å². The summed E-state index contributed by atoms with van der Waals surface area (Å²) in [5, 5.41) is 3.46. The number of amides is 2. The monoisotopic (exact) mass is 463 g/mol. The number of nitrogens with zero attached hydrogens (tertiary/aromatic N) is 2. The predicted octanol–water partition coefficient (Wildman–Crippen LogP) is 3.86. The lowest BCUT2D eigenvalue weighted by atomic mass is 9.72. The van der Waals surface area contributed by atoms with Gasteiger partial charge in [0.2, 0.25) is 5.54 Å². The third-order valence-corrected chi connectivity index (χ3v) is 6.52. The molecule has 2 aromatic rings. The van der Waals surface area contributed by atoms with Crippen LogP contribution in [0, 0.1) is 5.41 Å². The van der Waals surface area contributed by atoms with Gasteiger partial charge in [0.05, 0.1) is 17.0 Å². The summed E-state index contributed by atoms with van der Waals surface area (Å²) >= 11 is 0.945. The minimum Gasteiger partial charge on any atom is -0.326 e. The summed E-state index contributed by atoms with van der Waals surface area (Å²) in [6, 6.07) is 6.12. The number of alkyl halides is 3. The van der Waals surface area contributed by atoms with Gasteiger partial charge < -0.3 is 10.2 Å². The van der Waals surface area contributed by atoms with Gasteiger partial charge in [-0.25, -0.2) is 0 Å². The van der Waals surface area contributed by atoms with Crippen LogP contribution in [0.5, 0.6) is 0 Å². The highest BCUT2D eigenvalue weighted by molar-refractivity contribution is 7.12. The number of Topliss-reactive ketones (excluding diaryl/α,β-unsaturated/α-hetero) is 1. The maximum Gasteiger partial charge on any atom is 0.425 e. The van der Waals surface area contributed by atoms with Crippen molar-refractivity contribution in [3.05, 3.63) is 63.7 Å². The number of carbonyl (C=O) groups excluding carboxylic acids is 3. The van der Waals surface area contributed by atoms with Crippen molar-refractivity contribution in [3.63, 3.8) is 0 Å². The fourth-order valence-corrected chi connectivity index (χ4v) is 4.93. The number of nitrogens with one attached hydrogen (secondary N) is 1. The van der Waals surface area contributed by atoms with Crippen LogP contribution >= 0.6 is 11.3 Å². The Bertz CT molecular complexity index is 1110. The van der Waals surface area contributed by atoms with Gasteiger partial charge in [0, 0.05) is 24.5 Å². The first-order valence-electron chi connectivity index (χ1n) is 9.87. The number of thiophene rings is 1. The molecule has 0 spiro atoms. The van der Waals surface area contributed by atoms with E-state index in [2.05, 4.69) is 4.98 Å². The van der Waals surface area contributed by atoms with E-state index in [4.69, 9.17) is 0 Å². The summed E-state index contributed by atoms with van der Waals surface area (Å²) in [5.41, 5.74) is -4.24. The average molecular weight is 463 g/mol. The van der Waals surface area contributed by atoms with Crippen molar-refractivity contribution in [3.8, 4) is 0 Å². The van der Waals surface area contributed by atoms with Crippen molar-refractivity contribution in [2.45, 2.75) is 44.9 Å². The van der Waals surface area contributed by atoms with E-state index < -0.39 is 40.3 Å². The maximum absolute atomic E-state index is 14.7. The van der Waals surface area contributed by atoms with Crippen molar-refractivity contribution >= 4 is 28.9 Å². The molecule has 6 nitrogen and oxygen atoms in total. The molecule has 2 aromatic heterocycles. The molecule has 0 unspecified atom stereocenters. The Labute approximate surface area is 186 Å². The Morgan fingerprint density at radius 2 is 1.97 bits per heavy atom. The molecule has 0 aromatic carbocycles. The second-order valence-corrected chi connectivity index (χ2v) is 9.64. The van der Waals surface area contributed by atoms with E-state index in [1.165, 1.54) is 24.5 Å². The minimum atomic E-state index is -5.22. The largest absolute Gasteiger partial charge is 0.425 e. The van der Waals surface area contributed by atoms with Crippen molar-refractivity contribution in [2.24, 2.45) is 5.41 Å². The van der Waals surface area contributed by atoms with Crippen molar-refractivity contribution in [1.29, 1.82) is 0 Å². The number of aromatic nitrogens is 1. The predicted molar refractivity (Wildman–Crippen MR) is 110 cm³/mol. The Kier molecular flexibility index (Phi) is 5.23. The molecule has 10 heteroatoms.